The van der Waals surface area contributed by atoms with E-state index in [-0.39, 0.29) is 24.9 Å². The second-order valence-corrected chi connectivity index (χ2v) is 9.10. The fourth-order valence-corrected chi connectivity index (χ4v) is 3.87. The zero-order valence-corrected chi connectivity index (χ0v) is 18.3. The van der Waals surface area contributed by atoms with Crippen molar-refractivity contribution in [2.24, 2.45) is 5.41 Å². The molecule has 2 aromatic rings. The minimum absolute atomic E-state index is 0.0986. The fraction of sp³-hybridized carbons (Fsp3) is 0.333. The van der Waals surface area contributed by atoms with E-state index in [0.717, 1.165) is 9.79 Å². The van der Waals surface area contributed by atoms with Gasteiger partial charge in [0.1, 0.15) is 18.1 Å². The number of nitrogens with one attached hydrogen (secondary N) is 1. The Morgan fingerprint density at radius 2 is 1.55 bits per heavy atom. The average molecular weight is 436 g/mol. The van der Waals surface area contributed by atoms with Crippen molar-refractivity contribution >= 4 is 33.7 Å². The molecule has 0 spiro atoms. The maximum atomic E-state index is 11.8. The van der Waals surface area contributed by atoms with E-state index in [2.05, 4.69) is 5.32 Å². The first-order chi connectivity index (χ1) is 13.8. The number of phenols is 1. The highest BCUT2D eigenvalue weighted by molar-refractivity contribution is 8.76. The van der Waals surface area contributed by atoms with Crippen molar-refractivity contribution < 1.29 is 24.2 Å². The van der Waals surface area contributed by atoms with Crippen LogP contribution in [0.4, 0.5) is 4.79 Å². The van der Waals surface area contributed by atoms with Crippen molar-refractivity contribution in [3.8, 4) is 11.5 Å². The van der Waals surface area contributed by atoms with E-state index in [0.29, 0.717) is 12.2 Å². The van der Waals surface area contributed by atoms with Gasteiger partial charge in [-0.05, 0) is 68.8 Å². The van der Waals surface area contributed by atoms with Crippen LogP contribution in [0.5, 0.6) is 11.5 Å². The summed E-state index contributed by atoms with van der Waals surface area (Å²) < 4.78 is 10.4. The Bertz CT molecular complexity index is 807. The first-order valence-corrected chi connectivity index (χ1v) is 11.3. The van der Waals surface area contributed by atoms with E-state index in [1.165, 1.54) is 0 Å². The van der Waals surface area contributed by atoms with Crippen LogP contribution in [-0.4, -0.2) is 30.3 Å². The molecule has 1 amide bonds. The number of benzene rings is 2. The van der Waals surface area contributed by atoms with Crippen molar-refractivity contribution in [3.63, 3.8) is 0 Å². The highest BCUT2D eigenvalue weighted by Gasteiger charge is 2.26. The molecule has 0 aliphatic carbocycles. The van der Waals surface area contributed by atoms with Crippen molar-refractivity contribution in [3.05, 3.63) is 48.5 Å². The first kappa shape index (κ1) is 23.0. The highest BCUT2D eigenvalue weighted by Crippen LogP contribution is 2.38. The third-order valence-corrected chi connectivity index (χ3v) is 6.56. The maximum absolute atomic E-state index is 11.8. The molecule has 0 heterocycles. The van der Waals surface area contributed by atoms with Crippen LogP contribution in [0.15, 0.2) is 58.3 Å². The molecule has 0 aliphatic rings. The molecule has 0 saturated heterocycles. The Morgan fingerprint density at radius 3 is 2.10 bits per heavy atom. The van der Waals surface area contributed by atoms with Gasteiger partial charge in [0.05, 0.1) is 12.0 Å². The molecule has 0 radical (unpaired) electrons. The summed E-state index contributed by atoms with van der Waals surface area (Å²) in [5, 5.41) is 11.8. The molecule has 0 aliphatic heterocycles. The number of carbonyl (C=O) groups excluding carboxylic acids is 2. The van der Waals surface area contributed by atoms with Crippen molar-refractivity contribution in [2.75, 3.05) is 13.2 Å². The predicted octanol–water partition coefficient (Wildman–Crippen LogP) is 5.26. The number of aromatic hydroxyl groups is 1. The highest BCUT2D eigenvalue weighted by atomic mass is 33.1. The van der Waals surface area contributed by atoms with E-state index < -0.39 is 11.5 Å². The summed E-state index contributed by atoms with van der Waals surface area (Å²) in [6.07, 6.45) is 0.0814. The van der Waals surface area contributed by atoms with Gasteiger partial charge in [-0.25, -0.2) is 4.79 Å². The Kier molecular flexibility index (Phi) is 8.72. The molecule has 29 heavy (non-hydrogen) atoms. The first-order valence-electron chi connectivity index (χ1n) is 9.16. The number of carbonyl (C=O) groups is 2. The lowest BCUT2D eigenvalue weighted by molar-refractivity contribution is -0.153. The Morgan fingerprint density at radius 1 is 1.00 bits per heavy atom. The quantitative estimate of drug-likeness (QED) is 0.316. The maximum Gasteiger partial charge on any atom is 0.412 e. The van der Waals surface area contributed by atoms with Crippen molar-refractivity contribution in [1.82, 2.24) is 5.32 Å². The van der Waals surface area contributed by atoms with Crippen LogP contribution < -0.4 is 10.1 Å². The molecule has 0 atom stereocenters. The minimum Gasteiger partial charge on any atom is -0.508 e. The number of hydrogen-bond acceptors (Lipinski definition) is 7. The van der Waals surface area contributed by atoms with Gasteiger partial charge in [0.25, 0.3) is 0 Å². The summed E-state index contributed by atoms with van der Waals surface area (Å²) in [5.74, 6) is 0.376. The molecule has 2 N–H and O–H groups in total. The van der Waals surface area contributed by atoms with E-state index >= 15 is 0 Å². The van der Waals surface area contributed by atoms with Crippen molar-refractivity contribution in [2.45, 2.75) is 37.0 Å². The minimum atomic E-state index is -0.602. The molecule has 156 valence electrons. The lowest BCUT2D eigenvalue weighted by Crippen LogP contribution is -2.33. The van der Waals surface area contributed by atoms with Crippen molar-refractivity contribution in [1.29, 1.82) is 0 Å². The van der Waals surface area contributed by atoms with Crippen LogP contribution in [0, 0.1) is 5.41 Å². The molecule has 0 saturated carbocycles. The lowest BCUT2D eigenvalue weighted by atomic mass is 9.91. The molecule has 6 nitrogen and oxygen atoms in total. The Balaban J connectivity index is 1.70. The summed E-state index contributed by atoms with van der Waals surface area (Å²) in [5.41, 5.74) is -0.527. The Labute approximate surface area is 178 Å². The normalized spacial score (nSPS) is 11.0. The third-order valence-electron chi connectivity index (χ3n) is 4.15. The van der Waals surface area contributed by atoms with E-state index in [1.807, 2.05) is 45.0 Å². The Hall–Kier alpha value is -2.32. The van der Waals surface area contributed by atoms with Gasteiger partial charge < -0.3 is 19.9 Å². The average Bonchev–Trinajstić information content (AvgIpc) is 2.71. The summed E-state index contributed by atoms with van der Waals surface area (Å²) in [6, 6.07) is 14.1. The van der Waals surface area contributed by atoms with Gasteiger partial charge in [-0.3, -0.25) is 4.79 Å². The van der Waals surface area contributed by atoms with Gasteiger partial charge in [0.15, 0.2) is 0 Å². The standard InChI is InChI=1S/C21H25NO5S2/c1-4-21(2,3)19(24)26-14-13-22-20(25)27-16-7-11-18(12-8-16)29-28-17-9-5-15(23)6-10-17/h5-12,23H,4,13-14H2,1-3H3,(H,22,25). The zero-order valence-electron chi connectivity index (χ0n) is 16.6. The third kappa shape index (κ3) is 7.91. The van der Waals surface area contributed by atoms with Crippen LogP contribution in [0.2, 0.25) is 0 Å². The summed E-state index contributed by atoms with van der Waals surface area (Å²) >= 11 is 0. The van der Waals surface area contributed by atoms with Gasteiger partial charge in [0.2, 0.25) is 0 Å². The second kappa shape index (κ2) is 11.0. The molecular formula is C21H25NO5S2. The number of phenolic OH excluding ortho intramolecular Hbond substituents is 1. The van der Waals surface area contributed by atoms with Gasteiger partial charge >= 0.3 is 12.1 Å². The SMILES string of the molecule is CCC(C)(C)C(=O)OCCNC(=O)Oc1ccc(SSc2ccc(O)cc2)cc1. The van der Waals surface area contributed by atoms with Crippen LogP contribution in [0.3, 0.4) is 0 Å². The molecule has 8 heteroatoms. The molecule has 2 rings (SSSR count). The van der Waals surface area contributed by atoms with Crippen LogP contribution in [0.25, 0.3) is 0 Å². The number of esters is 1. The predicted molar refractivity (Wildman–Crippen MR) is 115 cm³/mol. The summed E-state index contributed by atoms with van der Waals surface area (Å²) in [7, 11) is 3.13. The molecule has 0 fully saturated rings. The monoisotopic (exact) mass is 435 g/mol. The lowest BCUT2D eigenvalue weighted by Gasteiger charge is -2.20. The summed E-state index contributed by atoms with van der Waals surface area (Å²) in [4.78, 5) is 25.7. The van der Waals surface area contributed by atoms with Crippen LogP contribution in [0.1, 0.15) is 27.2 Å². The number of hydrogen-bond donors (Lipinski definition) is 2. The zero-order chi connectivity index (χ0) is 21.3. The van der Waals surface area contributed by atoms with Crippen LogP contribution in [-0.2, 0) is 9.53 Å². The summed E-state index contributed by atoms with van der Waals surface area (Å²) in [6.45, 7) is 5.85. The number of amides is 1. The van der Waals surface area contributed by atoms with Gasteiger partial charge in [-0.15, -0.1) is 0 Å². The molecule has 0 aromatic heterocycles. The van der Waals surface area contributed by atoms with Crippen LogP contribution >= 0.6 is 21.6 Å². The smallest absolute Gasteiger partial charge is 0.412 e. The topological polar surface area (TPSA) is 84.9 Å². The van der Waals surface area contributed by atoms with E-state index in [1.54, 1.807) is 45.9 Å². The molecule has 0 bridgehead atoms. The van der Waals surface area contributed by atoms with Gasteiger partial charge in [-0.1, -0.05) is 28.5 Å². The largest absolute Gasteiger partial charge is 0.508 e. The molecule has 2 aromatic carbocycles. The van der Waals surface area contributed by atoms with E-state index in [9.17, 15) is 14.7 Å². The fourth-order valence-electron chi connectivity index (χ4n) is 1.94. The molecule has 0 unspecified atom stereocenters. The van der Waals surface area contributed by atoms with Gasteiger partial charge in [0, 0.05) is 9.79 Å². The van der Waals surface area contributed by atoms with Gasteiger partial charge in [-0.2, -0.15) is 0 Å². The number of rotatable bonds is 9. The van der Waals surface area contributed by atoms with E-state index in [4.69, 9.17) is 9.47 Å². The molecular weight excluding hydrogens is 410 g/mol. The second-order valence-electron chi connectivity index (χ2n) is 6.82. The number of ether oxygens (including phenoxy) is 2.